The van der Waals surface area contributed by atoms with Crippen LogP contribution >= 0.6 is 11.6 Å². The van der Waals surface area contributed by atoms with Crippen molar-refractivity contribution in [1.29, 1.82) is 0 Å². The van der Waals surface area contributed by atoms with Gasteiger partial charge in [-0.2, -0.15) is 0 Å². The molecule has 1 N–H and O–H groups in total. The first kappa shape index (κ1) is 14.8. The fourth-order valence-electron chi connectivity index (χ4n) is 2.76. The van der Waals surface area contributed by atoms with Crippen molar-refractivity contribution in [3.8, 4) is 0 Å². The van der Waals surface area contributed by atoms with E-state index < -0.39 is 0 Å². The molecule has 1 aliphatic rings. The molecule has 2 rings (SSSR count). The van der Waals surface area contributed by atoms with Gasteiger partial charge in [-0.1, -0.05) is 36.6 Å². The maximum Gasteiger partial charge on any atom is 0.0406 e. The van der Waals surface area contributed by atoms with E-state index in [9.17, 15) is 0 Å². The van der Waals surface area contributed by atoms with Crippen molar-refractivity contribution in [3.63, 3.8) is 0 Å². The van der Waals surface area contributed by atoms with Crippen molar-refractivity contribution < 1.29 is 0 Å². The molecular weight excluding hydrogens is 256 g/mol. The average Bonchev–Trinajstić information content (AvgIpc) is 2.92. The highest BCUT2D eigenvalue weighted by Crippen LogP contribution is 2.21. The van der Waals surface area contributed by atoms with Crippen molar-refractivity contribution in [3.05, 3.63) is 34.9 Å². The van der Waals surface area contributed by atoms with Gasteiger partial charge < -0.3 is 5.32 Å². The van der Waals surface area contributed by atoms with Crippen LogP contribution in [0.2, 0.25) is 5.02 Å². The van der Waals surface area contributed by atoms with Gasteiger partial charge in [-0.15, -0.1) is 0 Å². The third-order valence-electron chi connectivity index (χ3n) is 4.27. The molecule has 0 aromatic heterocycles. The van der Waals surface area contributed by atoms with Gasteiger partial charge in [-0.25, -0.2) is 0 Å². The summed E-state index contributed by atoms with van der Waals surface area (Å²) in [6.45, 7) is 4.41. The molecule has 1 unspecified atom stereocenters. The molecule has 0 heterocycles. The van der Waals surface area contributed by atoms with Gasteiger partial charge in [-0.3, -0.25) is 4.90 Å². The van der Waals surface area contributed by atoms with Crippen molar-refractivity contribution in [2.24, 2.45) is 0 Å². The number of nitrogens with one attached hydrogen (secondary N) is 1. The Morgan fingerprint density at radius 2 is 1.89 bits per heavy atom. The smallest absolute Gasteiger partial charge is 0.0406 e. The normalized spacial score (nSPS) is 18.1. The molecule has 0 bridgehead atoms. The number of benzene rings is 1. The summed E-state index contributed by atoms with van der Waals surface area (Å²) in [6.07, 6.45) is 5.51. The summed E-state index contributed by atoms with van der Waals surface area (Å²) in [5.74, 6) is 0. The minimum absolute atomic E-state index is 0.433. The van der Waals surface area contributed by atoms with E-state index in [2.05, 4.69) is 36.3 Å². The summed E-state index contributed by atoms with van der Waals surface area (Å²) < 4.78 is 0. The third kappa shape index (κ3) is 4.48. The van der Waals surface area contributed by atoms with Crippen LogP contribution < -0.4 is 5.32 Å². The maximum atomic E-state index is 5.93. The zero-order chi connectivity index (χ0) is 13.7. The molecule has 2 nitrogen and oxygen atoms in total. The number of nitrogens with zero attached hydrogens (tertiary/aromatic N) is 1. The Balaban J connectivity index is 1.75. The number of rotatable bonds is 6. The number of hydrogen-bond acceptors (Lipinski definition) is 2. The molecule has 1 saturated carbocycles. The highest BCUT2D eigenvalue weighted by Gasteiger charge is 2.15. The Bertz CT molecular complexity index is 371. The van der Waals surface area contributed by atoms with E-state index in [1.54, 1.807) is 0 Å². The number of hydrogen-bond donors (Lipinski definition) is 1. The second-order valence-corrected chi connectivity index (χ2v) is 6.08. The first-order valence-electron chi connectivity index (χ1n) is 7.36. The molecule has 1 fully saturated rings. The lowest BCUT2D eigenvalue weighted by Crippen LogP contribution is -2.35. The molecule has 1 atom stereocenters. The first-order valence-corrected chi connectivity index (χ1v) is 7.73. The Morgan fingerprint density at radius 1 is 1.26 bits per heavy atom. The number of halogens is 1. The van der Waals surface area contributed by atoms with Crippen LogP contribution in [0, 0.1) is 0 Å². The summed E-state index contributed by atoms with van der Waals surface area (Å²) in [6, 6.07) is 9.37. The Labute approximate surface area is 122 Å². The average molecular weight is 281 g/mol. The first-order chi connectivity index (χ1) is 9.16. The minimum atomic E-state index is 0.433. The van der Waals surface area contributed by atoms with Gasteiger partial charge in [0.15, 0.2) is 0 Å². The van der Waals surface area contributed by atoms with Gasteiger partial charge in [0.05, 0.1) is 0 Å². The SMILES string of the molecule is CC(c1ccc(Cl)cc1)N(C)CCNC1CCCC1. The van der Waals surface area contributed by atoms with Gasteiger partial charge >= 0.3 is 0 Å². The zero-order valence-electron chi connectivity index (χ0n) is 12.0. The van der Waals surface area contributed by atoms with E-state index in [4.69, 9.17) is 11.6 Å². The third-order valence-corrected chi connectivity index (χ3v) is 4.52. The van der Waals surface area contributed by atoms with Gasteiger partial charge in [0.1, 0.15) is 0 Å². The second-order valence-electron chi connectivity index (χ2n) is 5.64. The fourth-order valence-corrected chi connectivity index (χ4v) is 2.89. The Hall–Kier alpha value is -0.570. The van der Waals surface area contributed by atoms with Gasteiger partial charge in [0.2, 0.25) is 0 Å². The van der Waals surface area contributed by atoms with Crippen molar-refractivity contribution >= 4 is 11.6 Å². The van der Waals surface area contributed by atoms with E-state index >= 15 is 0 Å². The lowest BCUT2D eigenvalue weighted by molar-refractivity contribution is 0.257. The van der Waals surface area contributed by atoms with E-state index in [1.807, 2.05) is 12.1 Å². The van der Waals surface area contributed by atoms with Crippen molar-refractivity contribution in [1.82, 2.24) is 10.2 Å². The van der Waals surface area contributed by atoms with Crippen LogP contribution in [-0.2, 0) is 0 Å². The van der Waals surface area contributed by atoms with E-state index in [-0.39, 0.29) is 0 Å². The summed E-state index contributed by atoms with van der Waals surface area (Å²) >= 11 is 5.93. The molecule has 1 aromatic carbocycles. The van der Waals surface area contributed by atoms with Crippen LogP contribution in [-0.4, -0.2) is 31.1 Å². The lowest BCUT2D eigenvalue weighted by atomic mass is 10.1. The molecular formula is C16H25ClN2. The largest absolute Gasteiger partial charge is 0.313 e. The van der Waals surface area contributed by atoms with Crippen LogP contribution in [0.4, 0.5) is 0 Å². The second kappa shape index (κ2) is 7.28. The monoisotopic (exact) mass is 280 g/mol. The van der Waals surface area contributed by atoms with E-state index in [0.717, 1.165) is 24.2 Å². The summed E-state index contributed by atoms with van der Waals surface area (Å²) in [4.78, 5) is 2.39. The van der Waals surface area contributed by atoms with Gasteiger partial charge in [0.25, 0.3) is 0 Å². The van der Waals surface area contributed by atoms with Gasteiger partial charge in [0, 0.05) is 30.2 Å². The predicted octanol–water partition coefficient (Wildman–Crippen LogP) is 3.87. The molecule has 19 heavy (non-hydrogen) atoms. The van der Waals surface area contributed by atoms with Gasteiger partial charge in [-0.05, 0) is 44.5 Å². The highest BCUT2D eigenvalue weighted by atomic mass is 35.5. The van der Waals surface area contributed by atoms with E-state index in [1.165, 1.54) is 31.2 Å². The fraction of sp³-hybridized carbons (Fsp3) is 0.625. The zero-order valence-corrected chi connectivity index (χ0v) is 12.8. The molecule has 3 heteroatoms. The molecule has 0 spiro atoms. The Kier molecular flexibility index (Phi) is 5.68. The summed E-state index contributed by atoms with van der Waals surface area (Å²) in [5, 5.41) is 4.47. The molecule has 0 amide bonds. The van der Waals surface area contributed by atoms with E-state index in [0.29, 0.717) is 6.04 Å². The number of likely N-dealkylation sites (N-methyl/N-ethyl adjacent to an activating group) is 1. The minimum Gasteiger partial charge on any atom is -0.313 e. The molecule has 106 valence electrons. The summed E-state index contributed by atoms with van der Waals surface area (Å²) in [7, 11) is 2.19. The molecule has 0 saturated heterocycles. The predicted molar refractivity (Wildman–Crippen MR) is 82.8 cm³/mol. The Morgan fingerprint density at radius 3 is 2.53 bits per heavy atom. The lowest BCUT2D eigenvalue weighted by Gasteiger charge is -2.26. The van der Waals surface area contributed by atoms with Crippen LogP contribution in [0.25, 0.3) is 0 Å². The van der Waals surface area contributed by atoms with Crippen molar-refractivity contribution in [2.45, 2.75) is 44.7 Å². The highest BCUT2D eigenvalue weighted by molar-refractivity contribution is 6.30. The maximum absolute atomic E-state index is 5.93. The standard InChI is InChI=1S/C16H25ClN2/c1-13(14-7-9-15(17)10-8-14)19(2)12-11-18-16-5-3-4-6-16/h7-10,13,16,18H,3-6,11-12H2,1-2H3. The van der Waals surface area contributed by atoms with Crippen LogP contribution in [0.1, 0.15) is 44.2 Å². The molecule has 0 radical (unpaired) electrons. The molecule has 1 aromatic rings. The molecule has 1 aliphatic carbocycles. The quantitative estimate of drug-likeness (QED) is 0.851. The van der Waals surface area contributed by atoms with Crippen LogP contribution in [0.5, 0.6) is 0 Å². The molecule has 0 aliphatic heterocycles. The van der Waals surface area contributed by atoms with Crippen LogP contribution in [0.3, 0.4) is 0 Å². The topological polar surface area (TPSA) is 15.3 Å². The van der Waals surface area contributed by atoms with Crippen LogP contribution in [0.15, 0.2) is 24.3 Å². The summed E-state index contributed by atoms with van der Waals surface area (Å²) in [5.41, 5.74) is 1.33. The van der Waals surface area contributed by atoms with Crippen molar-refractivity contribution in [2.75, 3.05) is 20.1 Å².